The molecule has 1 atom stereocenters. The van der Waals surface area contributed by atoms with E-state index in [0.717, 1.165) is 0 Å². The van der Waals surface area contributed by atoms with Crippen molar-refractivity contribution in [2.24, 2.45) is 0 Å². The summed E-state index contributed by atoms with van der Waals surface area (Å²) in [4.78, 5) is 11.5. The van der Waals surface area contributed by atoms with Crippen molar-refractivity contribution in [1.29, 1.82) is 0 Å². The second kappa shape index (κ2) is 3.27. The molecule has 2 aliphatic rings. The second-order valence-corrected chi connectivity index (χ2v) is 3.11. The molecule has 1 N–H and O–H groups in total. The van der Waals surface area contributed by atoms with Gasteiger partial charge in [-0.1, -0.05) is 30.9 Å². The summed E-state index contributed by atoms with van der Waals surface area (Å²) in [6.07, 6.45) is 6.18. The maximum absolute atomic E-state index is 11.5. The van der Waals surface area contributed by atoms with E-state index in [0.29, 0.717) is 17.8 Å². The van der Waals surface area contributed by atoms with Gasteiger partial charge in [0.2, 0.25) is 5.78 Å². The average Bonchev–Trinajstić information content (AvgIpc) is 2.45. The van der Waals surface area contributed by atoms with Crippen LogP contribution in [-0.2, 0) is 9.53 Å². The highest BCUT2D eigenvalue weighted by Crippen LogP contribution is 2.32. The molecule has 0 saturated carbocycles. The molecule has 0 spiro atoms. The highest BCUT2D eigenvalue weighted by Gasteiger charge is 2.37. The molecule has 1 aliphatic carbocycles. The van der Waals surface area contributed by atoms with Crippen LogP contribution in [0.15, 0.2) is 47.8 Å². The van der Waals surface area contributed by atoms with Crippen LogP contribution in [0.2, 0.25) is 0 Å². The number of rotatable bonds is 1. The van der Waals surface area contributed by atoms with Crippen molar-refractivity contribution >= 4 is 5.78 Å². The minimum absolute atomic E-state index is 0.209. The molecule has 0 bridgehead atoms. The van der Waals surface area contributed by atoms with Crippen molar-refractivity contribution in [2.45, 2.75) is 6.10 Å². The van der Waals surface area contributed by atoms with Gasteiger partial charge >= 0.3 is 0 Å². The number of fused-ring (bicyclic) bond motifs is 1. The average molecular weight is 190 g/mol. The summed E-state index contributed by atoms with van der Waals surface area (Å²) in [5.41, 5.74) is 1.01. The molecule has 0 saturated heterocycles. The number of carbonyl (C=O) groups is 1. The molecule has 0 amide bonds. The summed E-state index contributed by atoms with van der Waals surface area (Å²) in [6, 6.07) is 0. The van der Waals surface area contributed by atoms with Crippen LogP contribution in [0.5, 0.6) is 0 Å². The Labute approximate surface area is 81.7 Å². The van der Waals surface area contributed by atoms with Gasteiger partial charge in [0, 0.05) is 11.1 Å². The van der Waals surface area contributed by atoms with Crippen LogP contribution in [0.3, 0.4) is 0 Å². The van der Waals surface area contributed by atoms with Gasteiger partial charge in [0.15, 0.2) is 5.76 Å². The maximum atomic E-state index is 11.5. The lowest BCUT2D eigenvalue weighted by Gasteiger charge is -2.16. The summed E-state index contributed by atoms with van der Waals surface area (Å²) in [6.45, 7) is 3.98. The summed E-state index contributed by atoms with van der Waals surface area (Å²) in [5.74, 6) is -0.574. The number of carbonyl (C=O) groups excluding carboxylic acids is 1. The van der Waals surface area contributed by atoms with E-state index < -0.39 is 6.10 Å². The second-order valence-electron chi connectivity index (χ2n) is 3.11. The van der Waals surface area contributed by atoms with Crippen LogP contribution in [-0.4, -0.2) is 23.6 Å². The molecule has 0 radical (unpaired) electrons. The molecule has 3 nitrogen and oxygen atoms in total. The third kappa shape index (κ3) is 1.14. The van der Waals surface area contributed by atoms with E-state index in [-0.39, 0.29) is 11.5 Å². The zero-order valence-corrected chi connectivity index (χ0v) is 7.56. The van der Waals surface area contributed by atoms with E-state index in [9.17, 15) is 9.90 Å². The van der Waals surface area contributed by atoms with Gasteiger partial charge in [0.05, 0.1) is 6.61 Å². The van der Waals surface area contributed by atoms with Crippen molar-refractivity contribution in [3.05, 3.63) is 47.8 Å². The molecule has 72 valence electrons. The maximum Gasteiger partial charge on any atom is 0.226 e. The van der Waals surface area contributed by atoms with E-state index in [4.69, 9.17) is 4.74 Å². The number of ether oxygens (including phenoxy) is 1. The summed E-state index contributed by atoms with van der Waals surface area (Å²) in [7, 11) is 0. The van der Waals surface area contributed by atoms with Crippen LogP contribution in [0.1, 0.15) is 0 Å². The third-order valence-electron chi connectivity index (χ3n) is 2.27. The fraction of sp³-hybridized carbons (Fsp3) is 0.182. The van der Waals surface area contributed by atoms with E-state index in [1.54, 1.807) is 18.2 Å². The minimum atomic E-state index is -0.412. The number of allylic oxidation sites excluding steroid dienone is 3. The van der Waals surface area contributed by atoms with Gasteiger partial charge in [-0.25, -0.2) is 0 Å². The normalized spacial score (nSPS) is 28.4. The van der Waals surface area contributed by atoms with Gasteiger partial charge in [-0.3, -0.25) is 4.79 Å². The molecule has 1 heterocycles. The molecule has 0 aromatic carbocycles. The fourth-order valence-corrected chi connectivity index (χ4v) is 1.64. The predicted octanol–water partition coefficient (Wildman–Crippen LogP) is 1.45. The van der Waals surface area contributed by atoms with Gasteiger partial charge in [0.25, 0.3) is 0 Å². The topological polar surface area (TPSA) is 46.5 Å². The van der Waals surface area contributed by atoms with E-state index in [1.165, 1.54) is 6.08 Å². The van der Waals surface area contributed by atoms with Crippen molar-refractivity contribution in [3.63, 3.8) is 0 Å². The zero-order valence-electron chi connectivity index (χ0n) is 7.56. The lowest BCUT2D eigenvalue weighted by molar-refractivity contribution is -0.114. The Morgan fingerprint density at radius 1 is 1.64 bits per heavy atom. The molecule has 3 heteroatoms. The molecule has 1 unspecified atom stereocenters. The third-order valence-corrected chi connectivity index (χ3v) is 2.27. The van der Waals surface area contributed by atoms with Crippen LogP contribution in [0.4, 0.5) is 0 Å². The number of aliphatic hydroxyl groups excluding tert-OH is 1. The largest absolute Gasteiger partial charge is 0.504 e. The first kappa shape index (κ1) is 8.97. The quantitative estimate of drug-likeness (QED) is 0.636. The van der Waals surface area contributed by atoms with Crippen LogP contribution >= 0.6 is 0 Å². The predicted molar refractivity (Wildman–Crippen MR) is 51.8 cm³/mol. The first-order chi connectivity index (χ1) is 6.75. The van der Waals surface area contributed by atoms with Crippen molar-refractivity contribution < 1.29 is 14.6 Å². The van der Waals surface area contributed by atoms with E-state index in [2.05, 4.69) is 6.58 Å². The first-order valence-corrected chi connectivity index (χ1v) is 4.34. The molecule has 0 aromatic heterocycles. The SMILES string of the molecule is C=CC=C1C(=O)C(O)=C2C=CCOC12. The monoisotopic (exact) mass is 190 g/mol. The Morgan fingerprint density at radius 2 is 2.43 bits per heavy atom. The molecule has 0 aromatic rings. The van der Waals surface area contributed by atoms with Gasteiger partial charge in [-0.15, -0.1) is 0 Å². The minimum Gasteiger partial charge on any atom is -0.504 e. The van der Waals surface area contributed by atoms with Crippen molar-refractivity contribution in [1.82, 2.24) is 0 Å². The molecule has 0 fully saturated rings. The van der Waals surface area contributed by atoms with Gasteiger partial charge in [-0.2, -0.15) is 0 Å². The molecule has 14 heavy (non-hydrogen) atoms. The van der Waals surface area contributed by atoms with Crippen molar-refractivity contribution in [2.75, 3.05) is 6.61 Å². The lowest BCUT2D eigenvalue weighted by Crippen LogP contribution is -2.18. The van der Waals surface area contributed by atoms with Crippen LogP contribution in [0, 0.1) is 0 Å². The van der Waals surface area contributed by atoms with Crippen molar-refractivity contribution in [3.8, 4) is 0 Å². The first-order valence-electron chi connectivity index (χ1n) is 4.34. The lowest BCUT2D eigenvalue weighted by atomic mass is 10.1. The molecule has 2 rings (SSSR count). The molecular formula is C11H10O3. The van der Waals surface area contributed by atoms with Gasteiger partial charge in [0.1, 0.15) is 6.10 Å². The smallest absolute Gasteiger partial charge is 0.226 e. The van der Waals surface area contributed by atoms with E-state index in [1.807, 2.05) is 0 Å². The zero-order chi connectivity index (χ0) is 10.1. The molecule has 1 aliphatic heterocycles. The Balaban J connectivity index is 2.48. The fourth-order valence-electron chi connectivity index (χ4n) is 1.64. The van der Waals surface area contributed by atoms with Crippen LogP contribution < -0.4 is 0 Å². The summed E-state index contributed by atoms with van der Waals surface area (Å²) >= 11 is 0. The Hall–Kier alpha value is -1.61. The molecular weight excluding hydrogens is 180 g/mol. The Morgan fingerprint density at radius 3 is 3.14 bits per heavy atom. The van der Waals surface area contributed by atoms with Gasteiger partial charge < -0.3 is 9.84 Å². The Kier molecular flexibility index (Phi) is 2.09. The Bertz CT molecular complexity index is 385. The van der Waals surface area contributed by atoms with Gasteiger partial charge in [-0.05, 0) is 0 Å². The standard InChI is InChI=1S/C11H10O3/c1-2-4-7-9(12)10(13)8-5-3-6-14-11(7)8/h2-5,11,13H,1,6H2. The number of hydrogen-bond acceptors (Lipinski definition) is 3. The number of ketones is 1. The number of Topliss-reactive ketones (excluding diaryl/α,β-unsaturated/α-hetero) is 1. The van der Waals surface area contributed by atoms with Crippen LogP contribution in [0.25, 0.3) is 0 Å². The highest BCUT2D eigenvalue weighted by atomic mass is 16.5. The highest BCUT2D eigenvalue weighted by molar-refractivity contribution is 6.12. The summed E-state index contributed by atoms with van der Waals surface area (Å²) in [5, 5.41) is 9.51. The van der Waals surface area contributed by atoms with E-state index >= 15 is 0 Å². The number of aliphatic hydroxyl groups is 1. The summed E-state index contributed by atoms with van der Waals surface area (Å²) < 4.78 is 5.37. The number of hydrogen-bond donors (Lipinski definition) is 1.